The first-order valence-electron chi connectivity index (χ1n) is 14.3. The van der Waals surface area contributed by atoms with E-state index < -0.39 is 62.8 Å². The Morgan fingerprint density at radius 3 is 2.59 bits per heavy atom. The van der Waals surface area contributed by atoms with Crippen molar-refractivity contribution >= 4 is 61.4 Å². The lowest BCUT2D eigenvalue weighted by Crippen LogP contribution is -2.58. The number of nitrogens with one attached hydrogen (secondary N) is 3. The topological polar surface area (TPSA) is 165 Å². The van der Waals surface area contributed by atoms with Crippen LogP contribution in [0.4, 0.5) is 0 Å². The molecule has 44 heavy (non-hydrogen) atoms. The van der Waals surface area contributed by atoms with Gasteiger partial charge in [0.05, 0.1) is 25.0 Å². The van der Waals surface area contributed by atoms with Gasteiger partial charge in [0.15, 0.2) is 0 Å². The van der Waals surface area contributed by atoms with Crippen LogP contribution in [0.3, 0.4) is 0 Å². The van der Waals surface area contributed by atoms with E-state index in [2.05, 4.69) is 25.1 Å². The second-order valence-corrected chi connectivity index (χ2v) is 14.0. The number of benzene rings is 1. The van der Waals surface area contributed by atoms with Crippen molar-refractivity contribution in [1.29, 1.82) is 0 Å². The van der Waals surface area contributed by atoms with Gasteiger partial charge in [-0.25, -0.2) is 16.9 Å². The Hall–Kier alpha value is -3.02. The maximum absolute atomic E-state index is 13.9. The first kappa shape index (κ1) is 32.4. The molecule has 0 radical (unpaired) electrons. The standard InChI is InChI=1S/C29H36IN5O8S/c1-5-18-14-29(18,28(38)34-44(39,40)21-7-8-21)32-25(36)23-13-20(15-35(23)27(37)24(33-30)16(2)41-3)43-26-22-9-6-19(42-4)12-17(22)10-11-31-26/h5-6,9-12,16,18,20-21,23-24,33H,1,7-8,13-15H2,2-4H3,(H,32,36)(H,34,38)/t16-,18+,20+,23-,24-,29+/m0/s1. The molecule has 238 valence electrons. The number of pyridine rings is 1. The van der Waals surface area contributed by atoms with Crippen LogP contribution in [0, 0.1) is 5.92 Å². The van der Waals surface area contributed by atoms with E-state index in [0.717, 1.165) is 10.8 Å². The first-order chi connectivity index (χ1) is 21.0. The fraction of sp³-hybridized carbons (Fsp3) is 0.517. The number of aromatic nitrogens is 1. The highest BCUT2D eigenvalue weighted by Crippen LogP contribution is 2.45. The van der Waals surface area contributed by atoms with Crippen LogP contribution < -0.4 is 23.0 Å². The fourth-order valence-electron chi connectivity index (χ4n) is 5.55. The monoisotopic (exact) mass is 741 g/mol. The third-order valence-electron chi connectivity index (χ3n) is 8.54. The maximum atomic E-state index is 13.9. The van der Waals surface area contributed by atoms with E-state index in [0.29, 0.717) is 24.5 Å². The third kappa shape index (κ3) is 6.37. The van der Waals surface area contributed by atoms with Crippen LogP contribution in [-0.2, 0) is 29.1 Å². The fourth-order valence-corrected chi connectivity index (χ4v) is 7.69. The van der Waals surface area contributed by atoms with Gasteiger partial charge in [-0.3, -0.25) is 19.1 Å². The van der Waals surface area contributed by atoms with Gasteiger partial charge in [0.1, 0.15) is 29.5 Å². The van der Waals surface area contributed by atoms with Crippen molar-refractivity contribution < 1.29 is 37.0 Å². The van der Waals surface area contributed by atoms with Crippen molar-refractivity contribution in [2.75, 3.05) is 20.8 Å². The maximum Gasteiger partial charge on any atom is 0.259 e. The Morgan fingerprint density at radius 2 is 1.98 bits per heavy atom. The summed E-state index contributed by atoms with van der Waals surface area (Å²) >= 11 is 1.87. The summed E-state index contributed by atoms with van der Waals surface area (Å²) in [6, 6.07) is 5.51. The highest BCUT2D eigenvalue weighted by molar-refractivity contribution is 14.1. The van der Waals surface area contributed by atoms with Gasteiger partial charge in [0.25, 0.3) is 5.91 Å². The minimum atomic E-state index is -3.84. The Morgan fingerprint density at radius 1 is 1.23 bits per heavy atom. The average molecular weight is 742 g/mol. The van der Waals surface area contributed by atoms with Crippen LogP contribution in [0.25, 0.3) is 10.8 Å². The van der Waals surface area contributed by atoms with E-state index in [9.17, 15) is 22.8 Å². The molecule has 1 aliphatic heterocycles. The summed E-state index contributed by atoms with van der Waals surface area (Å²) in [5.41, 5.74) is -1.48. The van der Waals surface area contributed by atoms with Crippen LogP contribution in [-0.4, -0.2) is 91.9 Å². The normalized spacial score (nSPS) is 26.0. The molecule has 2 aliphatic carbocycles. The highest BCUT2D eigenvalue weighted by atomic mass is 127. The smallest absolute Gasteiger partial charge is 0.259 e. The largest absolute Gasteiger partial charge is 0.497 e. The second-order valence-electron chi connectivity index (χ2n) is 11.4. The van der Waals surface area contributed by atoms with Crippen LogP contribution in [0.5, 0.6) is 11.6 Å². The van der Waals surface area contributed by atoms with E-state index in [1.807, 2.05) is 41.1 Å². The molecule has 0 unspecified atom stereocenters. The second kappa shape index (κ2) is 12.8. The Labute approximate surface area is 270 Å². The summed E-state index contributed by atoms with van der Waals surface area (Å²) in [7, 11) is -0.774. The third-order valence-corrected chi connectivity index (χ3v) is 11.0. The van der Waals surface area contributed by atoms with Crippen molar-refractivity contribution in [1.82, 2.24) is 23.5 Å². The summed E-state index contributed by atoms with van der Waals surface area (Å²) < 4.78 is 47.2. The molecule has 6 atom stereocenters. The molecule has 2 saturated carbocycles. The number of carbonyl (C=O) groups excluding carboxylic acids is 3. The number of halogens is 1. The predicted octanol–water partition coefficient (Wildman–Crippen LogP) is 1.60. The van der Waals surface area contributed by atoms with Gasteiger partial charge in [-0.1, -0.05) is 6.08 Å². The lowest BCUT2D eigenvalue weighted by Gasteiger charge is -2.30. The van der Waals surface area contributed by atoms with E-state index >= 15 is 0 Å². The van der Waals surface area contributed by atoms with Crippen LogP contribution >= 0.6 is 22.9 Å². The summed E-state index contributed by atoms with van der Waals surface area (Å²) in [4.78, 5) is 46.8. The van der Waals surface area contributed by atoms with Crippen LogP contribution in [0.2, 0.25) is 0 Å². The van der Waals surface area contributed by atoms with Gasteiger partial charge >= 0.3 is 0 Å². The molecule has 3 amide bonds. The molecule has 1 saturated heterocycles. The average Bonchev–Trinajstić information content (AvgIpc) is 3.94. The number of rotatable bonds is 13. The Kier molecular flexibility index (Phi) is 9.39. The molecule has 3 aliphatic rings. The SMILES string of the molecule is C=C[C@@H]1C[C@]1(NC(=O)[C@@H]1C[C@@H](Oc2nccc3cc(OC)ccc23)CN1C(=O)[C@@H](NI)[C@H](C)OC)C(=O)NS(=O)(=O)C1CC1. The minimum absolute atomic E-state index is 0.0660. The molecular weight excluding hydrogens is 705 g/mol. The number of nitrogens with zero attached hydrogens (tertiary/aromatic N) is 2. The summed E-state index contributed by atoms with van der Waals surface area (Å²) in [5, 5.41) is 3.76. The minimum Gasteiger partial charge on any atom is -0.497 e. The quantitative estimate of drug-likeness (QED) is 0.156. The van der Waals surface area contributed by atoms with Crippen molar-refractivity contribution in [3.63, 3.8) is 0 Å². The molecule has 0 spiro atoms. The van der Waals surface area contributed by atoms with Crippen LogP contribution in [0.1, 0.15) is 32.6 Å². The number of hydrogen-bond acceptors (Lipinski definition) is 10. The molecule has 1 aromatic heterocycles. The van der Waals surface area contributed by atoms with Gasteiger partial charge in [-0.15, -0.1) is 6.58 Å². The van der Waals surface area contributed by atoms with E-state index in [1.54, 1.807) is 26.3 Å². The van der Waals surface area contributed by atoms with E-state index in [-0.39, 0.29) is 25.3 Å². The number of ether oxygens (including phenoxy) is 3. The van der Waals surface area contributed by atoms with E-state index in [1.165, 1.54) is 18.1 Å². The number of sulfonamides is 1. The van der Waals surface area contributed by atoms with Crippen molar-refractivity contribution in [3.05, 3.63) is 43.1 Å². The van der Waals surface area contributed by atoms with Gasteiger partial charge in [0.2, 0.25) is 27.7 Å². The Bertz CT molecular complexity index is 1570. The first-order valence-corrected chi connectivity index (χ1v) is 16.9. The van der Waals surface area contributed by atoms with Gasteiger partial charge in [-0.2, -0.15) is 0 Å². The number of fused-ring (bicyclic) bond motifs is 1. The summed E-state index contributed by atoms with van der Waals surface area (Å²) in [6.07, 6.45) is 3.26. The van der Waals surface area contributed by atoms with Crippen LogP contribution in [0.15, 0.2) is 43.1 Å². The van der Waals surface area contributed by atoms with Gasteiger partial charge in [0, 0.05) is 53.9 Å². The van der Waals surface area contributed by atoms with Gasteiger partial charge in [-0.05, 0) is 55.8 Å². The molecule has 15 heteroatoms. The molecular formula is C29H36IN5O8S. The lowest BCUT2D eigenvalue weighted by atomic mass is 10.1. The molecule has 2 aromatic rings. The molecule has 5 rings (SSSR count). The number of hydrogen-bond donors (Lipinski definition) is 3. The number of amides is 3. The molecule has 3 N–H and O–H groups in total. The van der Waals surface area contributed by atoms with Crippen molar-refractivity contribution in [2.45, 2.75) is 67.7 Å². The predicted molar refractivity (Wildman–Crippen MR) is 170 cm³/mol. The Balaban J connectivity index is 1.40. The molecule has 1 aromatic carbocycles. The van der Waals surface area contributed by atoms with Crippen molar-refractivity contribution in [3.8, 4) is 11.6 Å². The summed E-state index contributed by atoms with van der Waals surface area (Å²) in [6.45, 7) is 5.55. The summed E-state index contributed by atoms with van der Waals surface area (Å²) in [5.74, 6) is -1.24. The number of carbonyl (C=O) groups is 3. The molecule has 3 fully saturated rings. The zero-order valence-corrected chi connectivity index (χ0v) is 27.6. The lowest BCUT2D eigenvalue weighted by molar-refractivity contribution is -0.142. The molecule has 0 bridgehead atoms. The highest BCUT2D eigenvalue weighted by Gasteiger charge is 2.62. The number of methoxy groups -OCH3 is 2. The van der Waals surface area contributed by atoms with E-state index in [4.69, 9.17) is 14.2 Å². The van der Waals surface area contributed by atoms with Crippen molar-refractivity contribution in [2.24, 2.45) is 5.92 Å². The van der Waals surface area contributed by atoms with Gasteiger partial charge < -0.3 is 24.4 Å². The molecule has 2 heterocycles. The number of likely N-dealkylation sites (tertiary alicyclic amines) is 1. The molecule has 13 nitrogen and oxygen atoms in total. The zero-order chi connectivity index (χ0) is 31.8. The zero-order valence-electron chi connectivity index (χ0n) is 24.6.